The van der Waals surface area contributed by atoms with E-state index >= 15 is 0 Å². The van der Waals surface area contributed by atoms with Gasteiger partial charge in [0.2, 0.25) is 5.91 Å². The van der Waals surface area contributed by atoms with Gasteiger partial charge < -0.3 is 15.3 Å². The highest BCUT2D eigenvalue weighted by Gasteiger charge is 2.45. The van der Waals surface area contributed by atoms with Gasteiger partial charge in [0, 0.05) is 13.1 Å². The van der Waals surface area contributed by atoms with Crippen molar-refractivity contribution in [3.63, 3.8) is 0 Å². The Kier molecular flexibility index (Phi) is 4.61. The van der Waals surface area contributed by atoms with Gasteiger partial charge in [-0.15, -0.1) is 0 Å². The summed E-state index contributed by atoms with van der Waals surface area (Å²) in [6.45, 7) is 7.83. The lowest BCUT2D eigenvalue weighted by Gasteiger charge is -2.42. The molecule has 2 unspecified atom stereocenters. The topological polar surface area (TPSA) is 69.6 Å². The number of nitrogens with zero attached hydrogens (tertiary/aromatic N) is 1. The molecule has 0 radical (unpaired) electrons. The van der Waals surface area contributed by atoms with Crippen molar-refractivity contribution in [1.29, 1.82) is 0 Å². The van der Waals surface area contributed by atoms with Crippen molar-refractivity contribution >= 4 is 11.9 Å². The van der Waals surface area contributed by atoms with E-state index in [-0.39, 0.29) is 11.8 Å². The second-order valence-corrected chi connectivity index (χ2v) is 7.08. The van der Waals surface area contributed by atoms with Crippen molar-refractivity contribution in [2.75, 3.05) is 19.6 Å². The number of piperidine rings is 1. The van der Waals surface area contributed by atoms with Crippen LogP contribution in [0.5, 0.6) is 0 Å². The zero-order valence-electron chi connectivity index (χ0n) is 13.4. The summed E-state index contributed by atoms with van der Waals surface area (Å²) in [5.74, 6) is -0.567. The summed E-state index contributed by atoms with van der Waals surface area (Å²) in [7, 11) is 0. The summed E-state index contributed by atoms with van der Waals surface area (Å²) >= 11 is 0. The monoisotopic (exact) mass is 296 g/mol. The van der Waals surface area contributed by atoms with E-state index in [4.69, 9.17) is 0 Å². The van der Waals surface area contributed by atoms with Crippen LogP contribution >= 0.6 is 0 Å². The van der Waals surface area contributed by atoms with Gasteiger partial charge in [-0.3, -0.25) is 9.59 Å². The minimum Gasteiger partial charge on any atom is -0.481 e. The van der Waals surface area contributed by atoms with Crippen LogP contribution < -0.4 is 5.32 Å². The first-order valence-electron chi connectivity index (χ1n) is 8.11. The van der Waals surface area contributed by atoms with E-state index in [0.717, 1.165) is 45.2 Å². The van der Waals surface area contributed by atoms with Gasteiger partial charge in [-0.25, -0.2) is 0 Å². The molecule has 2 atom stereocenters. The van der Waals surface area contributed by atoms with Crippen LogP contribution in [-0.2, 0) is 9.59 Å². The van der Waals surface area contributed by atoms with E-state index in [0.29, 0.717) is 6.54 Å². The quantitative estimate of drug-likeness (QED) is 0.831. The third-order valence-electron chi connectivity index (χ3n) is 5.54. The Hall–Kier alpha value is -1.10. The molecule has 0 aliphatic carbocycles. The fourth-order valence-electron chi connectivity index (χ4n) is 3.67. The van der Waals surface area contributed by atoms with Crippen molar-refractivity contribution < 1.29 is 14.7 Å². The molecule has 2 N–H and O–H groups in total. The molecule has 2 rings (SSSR count). The number of likely N-dealkylation sites (tertiary alicyclic amines) is 1. The van der Waals surface area contributed by atoms with Crippen LogP contribution in [0.15, 0.2) is 0 Å². The number of rotatable bonds is 4. The van der Waals surface area contributed by atoms with Crippen LogP contribution in [0.1, 0.15) is 52.9 Å². The first-order chi connectivity index (χ1) is 9.83. The normalized spacial score (nSPS) is 30.4. The molecule has 0 spiro atoms. The van der Waals surface area contributed by atoms with Gasteiger partial charge in [-0.1, -0.05) is 6.92 Å². The maximum atomic E-state index is 12.9. The fraction of sp³-hybridized carbons (Fsp3) is 0.875. The second kappa shape index (κ2) is 5.95. The second-order valence-electron chi connectivity index (χ2n) is 7.08. The molecule has 2 aliphatic heterocycles. The van der Waals surface area contributed by atoms with Gasteiger partial charge >= 0.3 is 5.97 Å². The lowest BCUT2D eigenvalue weighted by atomic mass is 9.74. The number of aliphatic carboxylic acids is 1. The third kappa shape index (κ3) is 2.93. The van der Waals surface area contributed by atoms with Gasteiger partial charge in [0.15, 0.2) is 0 Å². The molecular formula is C16H28N2O3. The predicted octanol–water partition coefficient (Wildman–Crippen LogP) is 1.87. The van der Waals surface area contributed by atoms with Crippen LogP contribution in [0, 0.1) is 11.3 Å². The number of amides is 1. The Morgan fingerprint density at radius 3 is 2.62 bits per heavy atom. The van der Waals surface area contributed by atoms with Crippen molar-refractivity contribution in [3.05, 3.63) is 0 Å². The third-order valence-corrected chi connectivity index (χ3v) is 5.54. The largest absolute Gasteiger partial charge is 0.481 e. The molecule has 0 bridgehead atoms. The molecular weight excluding hydrogens is 268 g/mol. The van der Waals surface area contributed by atoms with E-state index in [9.17, 15) is 14.7 Å². The summed E-state index contributed by atoms with van der Waals surface area (Å²) in [6.07, 6.45) is 4.52. The predicted molar refractivity (Wildman–Crippen MR) is 81.0 cm³/mol. The Morgan fingerprint density at radius 2 is 2.10 bits per heavy atom. The van der Waals surface area contributed by atoms with Crippen molar-refractivity contribution in [2.45, 2.75) is 58.4 Å². The molecule has 120 valence electrons. The van der Waals surface area contributed by atoms with Crippen LogP contribution in [0.3, 0.4) is 0 Å². The first kappa shape index (κ1) is 16.3. The van der Waals surface area contributed by atoms with Crippen LogP contribution in [0.2, 0.25) is 0 Å². The molecule has 5 heteroatoms. The maximum absolute atomic E-state index is 12.9. The highest BCUT2D eigenvalue weighted by molar-refractivity contribution is 5.87. The smallest absolute Gasteiger partial charge is 0.309 e. The number of carbonyl (C=O) groups excluding carboxylic acids is 1. The minimum absolute atomic E-state index is 0.0306. The fourth-order valence-corrected chi connectivity index (χ4v) is 3.67. The summed E-state index contributed by atoms with van der Waals surface area (Å²) in [6, 6.07) is 0. The average Bonchev–Trinajstić information content (AvgIpc) is 2.96. The molecule has 2 heterocycles. The highest BCUT2D eigenvalue weighted by atomic mass is 16.4. The lowest BCUT2D eigenvalue weighted by molar-refractivity contribution is -0.154. The summed E-state index contributed by atoms with van der Waals surface area (Å²) in [5, 5.41) is 12.8. The van der Waals surface area contributed by atoms with Gasteiger partial charge in [0.25, 0.3) is 0 Å². The van der Waals surface area contributed by atoms with Gasteiger partial charge in [-0.05, 0) is 58.4 Å². The van der Waals surface area contributed by atoms with Crippen LogP contribution in [-0.4, -0.2) is 47.1 Å². The van der Waals surface area contributed by atoms with Crippen molar-refractivity contribution in [2.24, 2.45) is 11.3 Å². The molecule has 0 aromatic carbocycles. The zero-order chi connectivity index (χ0) is 15.7. The number of hydrogen-bond acceptors (Lipinski definition) is 3. The van der Waals surface area contributed by atoms with Crippen LogP contribution in [0.4, 0.5) is 0 Å². The van der Waals surface area contributed by atoms with E-state index in [1.54, 1.807) is 13.8 Å². The minimum atomic E-state index is -0.776. The number of carboxylic acid groups (broad SMARTS) is 1. The first-order valence-corrected chi connectivity index (χ1v) is 8.11. The molecule has 0 aromatic heterocycles. The van der Waals surface area contributed by atoms with Gasteiger partial charge in [0.05, 0.1) is 11.0 Å². The Morgan fingerprint density at radius 1 is 1.38 bits per heavy atom. The zero-order valence-corrected chi connectivity index (χ0v) is 13.4. The highest BCUT2D eigenvalue weighted by Crippen LogP contribution is 2.36. The number of carboxylic acids is 1. The Balaban J connectivity index is 2.10. The van der Waals surface area contributed by atoms with Gasteiger partial charge in [0.1, 0.15) is 0 Å². The molecule has 5 nitrogen and oxygen atoms in total. The van der Waals surface area contributed by atoms with Crippen molar-refractivity contribution in [3.8, 4) is 0 Å². The maximum Gasteiger partial charge on any atom is 0.309 e. The summed E-state index contributed by atoms with van der Waals surface area (Å²) in [4.78, 5) is 26.3. The van der Waals surface area contributed by atoms with E-state index < -0.39 is 16.9 Å². The molecule has 0 aromatic rings. The van der Waals surface area contributed by atoms with Gasteiger partial charge in [-0.2, -0.15) is 0 Å². The number of carbonyl (C=O) groups is 2. The standard InChI is InChI=1S/C16H28N2O3/c1-4-16(8-6-9-17-16)13(19)18-10-5-7-12(11-18)15(2,3)14(20)21/h12,17H,4-11H2,1-3H3,(H,20,21). The van der Waals surface area contributed by atoms with E-state index in [1.807, 2.05) is 4.90 Å². The van der Waals surface area contributed by atoms with Crippen LogP contribution in [0.25, 0.3) is 0 Å². The average molecular weight is 296 g/mol. The molecule has 2 saturated heterocycles. The SMILES string of the molecule is CCC1(C(=O)N2CCCC(C(C)(C)C(=O)O)C2)CCCN1. The lowest BCUT2D eigenvalue weighted by Crippen LogP contribution is -2.57. The molecule has 2 fully saturated rings. The number of nitrogens with one attached hydrogen (secondary N) is 1. The Labute approximate surface area is 127 Å². The molecule has 2 aliphatic rings. The molecule has 1 amide bonds. The molecule has 0 saturated carbocycles. The summed E-state index contributed by atoms with van der Waals surface area (Å²) < 4.78 is 0. The van der Waals surface area contributed by atoms with Crippen molar-refractivity contribution in [1.82, 2.24) is 10.2 Å². The number of hydrogen-bond donors (Lipinski definition) is 2. The molecule has 21 heavy (non-hydrogen) atoms. The Bertz CT molecular complexity index is 414. The summed E-state index contributed by atoms with van der Waals surface area (Å²) in [5.41, 5.74) is -1.18. The van der Waals surface area contributed by atoms with E-state index in [2.05, 4.69) is 12.2 Å². The van der Waals surface area contributed by atoms with E-state index in [1.165, 1.54) is 0 Å².